The average Bonchev–Trinajstić information content (AvgIpc) is 3.13. The van der Waals surface area contributed by atoms with Gasteiger partial charge in [0.05, 0.1) is 19.6 Å². The third kappa shape index (κ3) is 3.37. The number of aromatic nitrogens is 2. The second kappa shape index (κ2) is 6.69. The van der Waals surface area contributed by atoms with E-state index in [4.69, 9.17) is 4.74 Å². The number of hydrogen-bond acceptors (Lipinski definition) is 6. The predicted octanol–water partition coefficient (Wildman–Crippen LogP) is 0.851. The first-order chi connectivity index (χ1) is 11.6. The number of carbonyl (C=O) groups excluding carboxylic acids is 2. The van der Waals surface area contributed by atoms with Crippen molar-refractivity contribution >= 4 is 17.5 Å². The van der Waals surface area contributed by atoms with Gasteiger partial charge in [-0.05, 0) is 19.1 Å². The first kappa shape index (κ1) is 16.0. The van der Waals surface area contributed by atoms with Gasteiger partial charge in [-0.1, -0.05) is 16.4 Å². The van der Waals surface area contributed by atoms with E-state index in [1.807, 2.05) is 18.2 Å². The number of nitrogens with one attached hydrogen (secondary N) is 1. The van der Waals surface area contributed by atoms with Crippen LogP contribution in [0.2, 0.25) is 0 Å². The average molecular weight is 330 g/mol. The molecule has 2 amide bonds. The molecule has 126 valence electrons. The van der Waals surface area contributed by atoms with Gasteiger partial charge >= 0.3 is 0 Å². The van der Waals surface area contributed by atoms with Crippen LogP contribution in [0, 0.1) is 6.92 Å². The molecule has 1 aromatic heterocycles. The number of benzene rings is 1. The van der Waals surface area contributed by atoms with Crippen LogP contribution in [0.25, 0.3) is 0 Å². The third-order valence-corrected chi connectivity index (χ3v) is 3.93. The summed E-state index contributed by atoms with van der Waals surface area (Å²) in [4.78, 5) is 26.0. The standard InChI is InChI=1S/C16H18N4O4/c1-10-14(19-24-18-10)8-15(21)17-11-6-16(22)20(9-11)12-4-3-5-13(7-12)23-2/h3-5,7,11H,6,8-9H2,1-2H3,(H,17,21)/t11-/m0/s1. The van der Waals surface area contributed by atoms with Crippen LogP contribution in [-0.2, 0) is 16.0 Å². The van der Waals surface area contributed by atoms with Crippen molar-refractivity contribution in [3.63, 3.8) is 0 Å². The third-order valence-electron chi connectivity index (χ3n) is 3.93. The van der Waals surface area contributed by atoms with Crippen molar-refractivity contribution in [3.05, 3.63) is 35.7 Å². The maximum absolute atomic E-state index is 12.2. The van der Waals surface area contributed by atoms with Crippen LogP contribution in [0.15, 0.2) is 28.9 Å². The Morgan fingerprint density at radius 1 is 1.46 bits per heavy atom. The van der Waals surface area contributed by atoms with E-state index in [0.29, 0.717) is 23.7 Å². The van der Waals surface area contributed by atoms with E-state index in [9.17, 15) is 9.59 Å². The van der Waals surface area contributed by atoms with Gasteiger partial charge in [-0.25, -0.2) is 4.63 Å². The molecule has 8 nitrogen and oxygen atoms in total. The Morgan fingerprint density at radius 3 is 3.00 bits per heavy atom. The summed E-state index contributed by atoms with van der Waals surface area (Å²) in [5.74, 6) is 0.439. The van der Waals surface area contributed by atoms with Crippen molar-refractivity contribution < 1.29 is 19.0 Å². The van der Waals surface area contributed by atoms with Gasteiger partial charge < -0.3 is 15.0 Å². The number of rotatable bonds is 5. The van der Waals surface area contributed by atoms with Gasteiger partial charge in [-0.2, -0.15) is 0 Å². The van der Waals surface area contributed by atoms with Crippen LogP contribution in [0.1, 0.15) is 17.8 Å². The molecule has 3 rings (SSSR count). The molecule has 0 unspecified atom stereocenters. The molecule has 0 aliphatic carbocycles. The topological polar surface area (TPSA) is 97.6 Å². The normalized spacial score (nSPS) is 17.2. The van der Waals surface area contributed by atoms with Gasteiger partial charge in [0.25, 0.3) is 0 Å². The number of amides is 2. The van der Waals surface area contributed by atoms with Gasteiger partial charge in [-0.15, -0.1) is 0 Å². The van der Waals surface area contributed by atoms with Crippen molar-refractivity contribution in [2.75, 3.05) is 18.6 Å². The quantitative estimate of drug-likeness (QED) is 0.873. The summed E-state index contributed by atoms with van der Waals surface area (Å²) in [5.41, 5.74) is 1.85. The second-order valence-electron chi connectivity index (χ2n) is 5.65. The molecule has 2 aromatic rings. The molecular formula is C16H18N4O4. The fourth-order valence-corrected chi connectivity index (χ4v) is 2.67. The SMILES string of the molecule is COc1cccc(N2C[C@@H](NC(=O)Cc3nonc3C)CC2=O)c1. The minimum atomic E-state index is -0.239. The van der Waals surface area contributed by atoms with Crippen molar-refractivity contribution in [3.8, 4) is 5.75 Å². The monoisotopic (exact) mass is 330 g/mol. The minimum absolute atomic E-state index is 0.0344. The first-order valence-corrected chi connectivity index (χ1v) is 7.58. The van der Waals surface area contributed by atoms with E-state index < -0.39 is 0 Å². The Hall–Kier alpha value is -2.90. The van der Waals surface area contributed by atoms with Crippen LogP contribution in [0.4, 0.5) is 5.69 Å². The molecule has 0 bridgehead atoms. The lowest BCUT2D eigenvalue weighted by Crippen LogP contribution is -2.38. The highest BCUT2D eigenvalue weighted by Gasteiger charge is 2.31. The molecule has 0 spiro atoms. The van der Waals surface area contributed by atoms with Crippen LogP contribution >= 0.6 is 0 Å². The molecule has 2 heterocycles. The molecule has 0 radical (unpaired) electrons. The van der Waals surface area contributed by atoms with Gasteiger partial charge in [0.1, 0.15) is 17.1 Å². The number of nitrogens with zero attached hydrogens (tertiary/aromatic N) is 3. The Kier molecular flexibility index (Phi) is 4.45. The first-order valence-electron chi connectivity index (χ1n) is 7.58. The maximum Gasteiger partial charge on any atom is 0.229 e. The zero-order chi connectivity index (χ0) is 17.1. The molecule has 1 fully saturated rings. The van der Waals surface area contributed by atoms with Gasteiger partial charge in [-0.3, -0.25) is 9.59 Å². The van der Waals surface area contributed by atoms with E-state index in [-0.39, 0.29) is 30.7 Å². The van der Waals surface area contributed by atoms with E-state index in [0.717, 1.165) is 5.69 Å². The number of anilines is 1. The number of aryl methyl sites for hydroxylation is 1. The summed E-state index contributed by atoms with van der Waals surface area (Å²) in [7, 11) is 1.58. The van der Waals surface area contributed by atoms with Crippen LogP contribution in [0.5, 0.6) is 5.75 Å². The fourth-order valence-electron chi connectivity index (χ4n) is 2.67. The van der Waals surface area contributed by atoms with Crippen LogP contribution < -0.4 is 15.0 Å². The largest absolute Gasteiger partial charge is 0.497 e. The Morgan fingerprint density at radius 2 is 2.29 bits per heavy atom. The maximum atomic E-state index is 12.2. The summed E-state index contributed by atoms with van der Waals surface area (Å²) >= 11 is 0. The Balaban J connectivity index is 1.62. The summed E-state index contributed by atoms with van der Waals surface area (Å²) in [6, 6.07) is 7.05. The lowest BCUT2D eigenvalue weighted by Gasteiger charge is -2.17. The molecule has 1 aliphatic rings. The Bertz CT molecular complexity index is 758. The lowest BCUT2D eigenvalue weighted by atomic mass is 10.2. The number of methoxy groups -OCH3 is 1. The fraction of sp³-hybridized carbons (Fsp3) is 0.375. The number of carbonyl (C=O) groups is 2. The minimum Gasteiger partial charge on any atom is -0.497 e. The summed E-state index contributed by atoms with van der Waals surface area (Å²) in [5, 5.41) is 10.2. The zero-order valence-corrected chi connectivity index (χ0v) is 13.5. The van der Waals surface area contributed by atoms with Gasteiger partial charge in [0, 0.05) is 24.7 Å². The van der Waals surface area contributed by atoms with Crippen molar-refractivity contribution in [2.24, 2.45) is 0 Å². The summed E-state index contributed by atoms with van der Waals surface area (Å²) in [6.45, 7) is 2.15. The number of ether oxygens (including phenoxy) is 1. The molecular weight excluding hydrogens is 312 g/mol. The Labute approximate surface area is 138 Å². The molecule has 0 saturated carbocycles. The zero-order valence-electron chi connectivity index (χ0n) is 13.5. The second-order valence-corrected chi connectivity index (χ2v) is 5.65. The smallest absolute Gasteiger partial charge is 0.229 e. The molecule has 1 aliphatic heterocycles. The summed E-state index contributed by atoms with van der Waals surface area (Å²) in [6.07, 6.45) is 0.345. The van der Waals surface area contributed by atoms with Crippen molar-refractivity contribution in [2.45, 2.75) is 25.8 Å². The molecule has 1 saturated heterocycles. The predicted molar refractivity (Wildman–Crippen MR) is 84.6 cm³/mol. The molecule has 1 aromatic carbocycles. The van der Waals surface area contributed by atoms with Crippen molar-refractivity contribution in [1.82, 2.24) is 15.6 Å². The molecule has 8 heteroatoms. The molecule has 24 heavy (non-hydrogen) atoms. The number of hydrogen-bond donors (Lipinski definition) is 1. The summed E-state index contributed by atoms with van der Waals surface area (Å²) < 4.78 is 9.76. The van der Waals surface area contributed by atoms with Crippen LogP contribution in [0.3, 0.4) is 0 Å². The van der Waals surface area contributed by atoms with Crippen molar-refractivity contribution in [1.29, 1.82) is 0 Å². The van der Waals surface area contributed by atoms with E-state index in [1.54, 1.807) is 25.0 Å². The van der Waals surface area contributed by atoms with Gasteiger partial charge in [0.2, 0.25) is 11.8 Å². The van der Waals surface area contributed by atoms with Crippen LogP contribution in [-0.4, -0.2) is 41.8 Å². The lowest BCUT2D eigenvalue weighted by molar-refractivity contribution is -0.121. The highest BCUT2D eigenvalue weighted by Crippen LogP contribution is 2.25. The van der Waals surface area contributed by atoms with E-state index >= 15 is 0 Å². The molecule has 1 atom stereocenters. The molecule has 1 N–H and O–H groups in total. The van der Waals surface area contributed by atoms with E-state index in [2.05, 4.69) is 20.3 Å². The van der Waals surface area contributed by atoms with E-state index in [1.165, 1.54) is 0 Å². The van der Waals surface area contributed by atoms with Gasteiger partial charge in [0.15, 0.2) is 0 Å². The highest BCUT2D eigenvalue weighted by molar-refractivity contribution is 5.97. The highest BCUT2D eigenvalue weighted by atomic mass is 16.6.